The first-order valence-electron chi connectivity index (χ1n) is 8.39. The maximum absolute atomic E-state index is 13.6. The van der Waals surface area contributed by atoms with E-state index in [9.17, 15) is 22.4 Å². The molecule has 0 atom stereocenters. The van der Waals surface area contributed by atoms with Crippen molar-refractivity contribution in [1.29, 1.82) is 0 Å². The van der Waals surface area contributed by atoms with Gasteiger partial charge in [0.1, 0.15) is 5.82 Å². The molecule has 4 rings (SSSR count). The molecule has 140 valence electrons. The van der Waals surface area contributed by atoms with Gasteiger partial charge in [0.05, 0.1) is 16.3 Å². The van der Waals surface area contributed by atoms with Crippen LogP contribution in [0, 0.1) is 5.82 Å². The number of nitrogens with zero attached hydrogens (tertiary/aromatic N) is 1. The summed E-state index contributed by atoms with van der Waals surface area (Å²) < 4.78 is 41.2. The minimum atomic E-state index is -3.98. The number of rotatable bonds is 2. The SMILES string of the molecule is O=C1CCc2cc(S(=O)(=O)N3CCC(=O)Nc4cc(F)ccc43)ccc2N1. The summed E-state index contributed by atoms with van der Waals surface area (Å²) >= 11 is 0. The number of anilines is 3. The molecule has 2 aliphatic heterocycles. The van der Waals surface area contributed by atoms with Crippen LogP contribution < -0.4 is 14.9 Å². The maximum Gasteiger partial charge on any atom is 0.264 e. The van der Waals surface area contributed by atoms with Crippen LogP contribution in [0.15, 0.2) is 41.3 Å². The molecule has 2 aliphatic rings. The molecule has 0 saturated carbocycles. The van der Waals surface area contributed by atoms with Crippen molar-refractivity contribution < 1.29 is 22.4 Å². The number of halogens is 1. The molecular weight excluding hydrogens is 373 g/mol. The number of carbonyl (C=O) groups excluding carboxylic acids is 2. The fraction of sp³-hybridized carbons (Fsp3) is 0.222. The Bertz CT molecular complexity index is 1070. The molecule has 2 heterocycles. The molecule has 0 radical (unpaired) electrons. The minimum absolute atomic E-state index is 0.0451. The topological polar surface area (TPSA) is 95.6 Å². The van der Waals surface area contributed by atoms with Gasteiger partial charge in [-0.2, -0.15) is 0 Å². The molecule has 0 saturated heterocycles. The molecule has 2 N–H and O–H groups in total. The zero-order valence-corrected chi connectivity index (χ0v) is 15.0. The zero-order chi connectivity index (χ0) is 19.2. The molecule has 9 heteroatoms. The second-order valence-corrected chi connectivity index (χ2v) is 8.27. The van der Waals surface area contributed by atoms with Crippen LogP contribution in [0.4, 0.5) is 21.5 Å². The van der Waals surface area contributed by atoms with E-state index in [2.05, 4.69) is 10.6 Å². The second kappa shape index (κ2) is 6.34. The van der Waals surface area contributed by atoms with E-state index < -0.39 is 15.8 Å². The summed E-state index contributed by atoms with van der Waals surface area (Å²) in [6.07, 6.45) is 0.698. The molecule has 7 nitrogen and oxygen atoms in total. The van der Waals surface area contributed by atoms with Gasteiger partial charge in [0.2, 0.25) is 11.8 Å². The van der Waals surface area contributed by atoms with Gasteiger partial charge >= 0.3 is 0 Å². The van der Waals surface area contributed by atoms with Crippen molar-refractivity contribution in [3.63, 3.8) is 0 Å². The van der Waals surface area contributed by atoms with Gasteiger partial charge in [-0.15, -0.1) is 0 Å². The van der Waals surface area contributed by atoms with E-state index in [0.29, 0.717) is 18.5 Å². The van der Waals surface area contributed by atoms with Crippen molar-refractivity contribution in [1.82, 2.24) is 0 Å². The Labute approximate surface area is 155 Å². The Morgan fingerprint density at radius 3 is 2.44 bits per heavy atom. The number of sulfonamides is 1. The van der Waals surface area contributed by atoms with Crippen molar-refractivity contribution in [2.45, 2.75) is 24.2 Å². The standard InChI is InChI=1S/C18H16FN3O4S/c19-12-2-5-16-15(10-12)21-18(24)7-8-22(16)27(25,26)13-3-4-14-11(9-13)1-6-17(23)20-14/h2-5,9-10H,1,6-8H2,(H,20,23)(H,21,24). The van der Waals surface area contributed by atoms with Crippen molar-refractivity contribution in [2.75, 3.05) is 21.5 Å². The highest BCUT2D eigenvalue weighted by Gasteiger charge is 2.31. The van der Waals surface area contributed by atoms with E-state index in [4.69, 9.17) is 0 Å². The van der Waals surface area contributed by atoms with Gasteiger partial charge in [0.25, 0.3) is 10.0 Å². The predicted molar refractivity (Wildman–Crippen MR) is 97.6 cm³/mol. The van der Waals surface area contributed by atoms with Gasteiger partial charge in [-0.3, -0.25) is 13.9 Å². The monoisotopic (exact) mass is 389 g/mol. The van der Waals surface area contributed by atoms with Gasteiger partial charge in [0.15, 0.2) is 0 Å². The van der Waals surface area contributed by atoms with Crippen molar-refractivity contribution in [2.24, 2.45) is 0 Å². The summed E-state index contributed by atoms with van der Waals surface area (Å²) in [6, 6.07) is 8.11. The first-order chi connectivity index (χ1) is 12.8. The lowest BCUT2D eigenvalue weighted by Crippen LogP contribution is -2.32. The highest BCUT2D eigenvalue weighted by Crippen LogP contribution is 2.35. The number of nitrogens with one attached hydrogen (secondary N) is 2. The van der Waals surface area contributed by atoms with Crippen LogP contribution in [-0.2, 0) is 26.0 Å². The Morgan fingerprint density at radius 2 is 1.63 bits per heavy atom. The Hall–Kier alpha value is -2.94. The first kappa shape index (κ1) is 17.5. The van der Waals surface area contributed by atoms with E-state index in [-0.39, 0.29) is 41.1 Å². The number of amides is 2. The zero-order valence-electron chi connectivity index (χ0n) is 14.2. The molecular formula is C18H16FN3O4S. The minimum Gasteiger partial charge on any atom is -0.326 e. The van der Waals surface area contributed by atoms with Gasteiger partial charge in [0, 0.05) is 25.1 Å². The molecule has 2 amide bonds. The molecule has 0 aromatic heterocycles. The second-order valence-electron chi connectivity index (χ2n) is 6.40. The highest BCUT2D eigenvalue weighted by atomic mass is 32.2. The third kappa shape index (κ3) is 3.14. The lowest BCUT2D eigenvalue weighted by Gasteiger charge is -2.25. The fourth-order valence-corrected chi connectivity index (χ4v) is 4.79. The predicted octanol–water partition coefficient (Wildman–Crippen LogP) is 2.25. The molecule has 27 heavy (non-hydrogen) atoms. The number of carbonyl (C=O) groups is 2. The van der Waals surface area contributed by atoms with Crippen LogP contribution in [0.5, 0.6) is 0 Å². The summed E-state index contributed by atoms with van der Waals surface area (Å²) in [5.41, 5.74) is 1.67. The fourth-order valence-electron chi connectivity index (χ4n) is 3.26. The van der Waals surface area contributed by atoms with Crippen LogP contribution in [0.3, 0.4) is 0 Å². The lowest BCUT2D eigenvalue weighted by atomic mass is 10.0. The number of hydrogen-bond donors (Lipinski definition) is 2. The van der Waals surface area contributed by atoms with Gasteiger partial charge in [-0.1, -0.05) is 0 Å². The van der Waals surface area contributed by atoms with E-state index in [1.54, 1.807) is 6.07 Å². The molecule has 0 unspecified atom stereocenters. The van der Waals surface area contributed by atoms with Gasteiger partial charge in [-0.25, -0.2) is 12.8 Å². The third-order valence-corrected chi connectivity index (χ3v) is 6.41. The van der Waals surface area contributed by atoms with E-state index in [1.807, 2.05) is 0 Å². The van der Waals surface area contributed by atoms with Crippen LogP contribution in [0.2, 0.25) is 0 Å². The summed E-state index contributed by atoms with van der Waals surface area (Å²) in [5, 5.41) is 5.25. The van der Waals surface area contributed by atoms with Crippen molar-refractivity contribution in [3.05, 3.63) is 47.8 Å². The van der Waals surface area contributed by atoms with Crippen molar-refractivity contribution >= 4 is 38.9 Å². The highest BCUT2D eigenvalue weighted by molar-refractivity contribution is 7.92. The first-order valence-corrected chi connectivity index (χ1v) is 9.83. The average Bonchev–Trinajstić information content (AvgIpc) is 2.79. The lowest BCUT2D eigenvalue weighted by molar-refractivity contribution is -0.117. The smallest absolute Gasteiger partial charge is 0.264 e. The average molecular weight is 389 g/mol. The molecule has 0 fully saturated rings. The van der Waals surface area contributed by atoms with E-state index in [1.165, 1.54) is 18.2 Å². The van der Waals surface area contributed by atoms with Crippen LogP contribution >= 0.6 is 0 Å². The molecule has 0 spiro atoms. The number of benzene rings is 2. The molecule has 2 aromatic carbocycles. The Morgan fingerprint density at radius 1 is 0.889 bits per heavy atom. The molecule has 2 aromatic rings. The van der Waals surface area contributed by atoms with E-state index >= 15 is 0 Å². The maximum atomic E-state index is 13.6. The normalized spacial score (nSPS) is 16.7. The molecule has 0 aliphatic carbocycles. The molecule has 0 bridgehead atoms. The number of fused-ring (bicyclic) bond motifs is 2. The van der Waals surface area contributed by atoms with Crippen LogP contribution in [0.25, 0.3) is 0 Å². The summed E-state index contributed by atoms with van der Waals surface area (Å²) in [7, 11) is -3.98. The summed E-state index contributed by atoms with van der Waals surface area (Å²) in [6.45, 7) is -0.0549. The largest absolute Gasteiger partial charge is 0.326 e. The summed E-state index contributed by atoms with van der Waals surface area (Å²) in [5.74, 6) is -1.06. The number of hydrogen-bond acceptors (Lipinski definition) is 4. The van der Waals surface area contributed by atoms with Crippen LogP contribution in [0.1, 0.15) is 18.4 Å². The Kier molecular flexibility index (Phi) is 4.11. The quantitative estimate of drug-likeness (QED) is 0.824. The Balaban J connectivity index is 1.78. The summed E-state index contributed by atoms with van der Waals surface area (Å²) in [4.78, 5) is 23.4. The van der Waals surface area contributed by atoms with E-state index in [0.717, 1.165) is 22.0 Å². The third-order valence-electron chi connectivity index (χ3n) is 4.60. The van der Waals surface area contributed by atoms with Gasteiger partial charge < -0.3 is 10.6 Å². The van der Waals surface area contributed by atoms with Gasteiger partial charge in [-0.05, 0) is 48.4 Å². The van der Waals surface area contributed by atoms with Crippen LogP contribution in [-0.4, -0.2) is 26.8 Å². The van der Waals surface area contributed by atoms with Crippen molar-refractivity contribution in [3.8, 4) is 0 Å². The number of aryl methyl sites for hydroxylation is 1.